The number of carbonyl (C=O) groups is 2. The van der Waals surface area contributed by atoms with Crippen LogP contribution < -0.4 is 5.32 Å². The predicted octanol–water partition coefficient (Wildman–Crippen LogP) is 3.66. The van der Waals surface area contributed by atoms with Crippen LogP contribution in [0.3, 0.4) is 0 Å². The number of hydrogen-bond acceptors (Lipinski definition) is 3. The summed E-state index contributed by atoms with van der Waals surface area (Å²) in [6.07, 6.45) is 3.13. The highest BCUT2D eigenvalue weighted by atomic mass is 127. The highest BCUT2D eigenvalue weighted by molar-refractivity contribution is 14.1. The van der Waals surface area contributed by atoms with Crippen LogP contribution in [-0.2, 0) is 9.53 Å². The van der Waals surface area contributed by atoms with Gasteiger partial charge in [0.1, 0.15) is 5.54 Å². The summed E-state index contributed by atoms with van der Waals surface area (Å²) in [4.78, 5) is 24.8. The predicted molar refractivity (Wildman–Crippen MR) is 92.2 cm³/mol. The van der Waals surface area contributed by atoms with Crippen LogP contribution in [0.5, 0.6) is 0 Å². The van der Waals surface area contributed by atoms with Crippen molar-refractivity contribution in [2.24, 2.45) is 0 Å². The summed E-state index contributed by atoms with van der Waals surface area (Å²) >= 11 is 5.49. The number of ether oxygens (including phenoxy) is 1. The molecular weight excluding hydrogens is 449 g/mol. The molecule has 2 rings (SSSR count). The molecule has 6 heteroatoms. The third-order valence-corrected chi connectivity index (χ3v) is 5.08. The van der Waals surface area contributed by atoms with Gasteiger partial charge in [-0.1, -0.05) is 28.8 Å². The largest absolute Gasteiger partial charge is 0.464 e. The number of amides is 1. The Kier molecular flexibility index (Phi) is 5.65. The van der Waals surface area contributed by atoms with Gasteiger partial charge in [0.05, 0.1) is 12.2 Å². The molecule has 1 aliphatic rings. The van der Waals surface area contributed by atoms with Gasteiger partial charge in [-0.05, 0) is 60.6 Å². The van der Waals surface area contributed by atoms with Gasteiger partial charge in [-0.3, -0.25) is 4.79 Å². The number of carbonyl (C=O) groups excluding carboxylic acids is 2. The monoisotopic (exact) mass is 465 g/mol. The van der Waals surface area contributed by atoms with E-state index in [0.29, 0.717) is 25.0 Å². The molecule has 21 heavy (non-hydrogen) atoms. The molecule has 0 spiro atoms. The second-order valence-electron chi connectivity index (χ2n) is 5.09. The smallest absolute Gasteiger partial charge is 0.331 e. The molecule has 4 nitrogen and oxygen atoms in total. The van der Waals surface area contributed by atoms with Crippen LogP contribution in [0.2, 0.25) is 0 Å². The van der Waals surface area contributed by atoms with Crippen LogP contribution in [0.1, 0.15) is 43.0 Å². The zero-order valence-electron chi connectivity index (χ0n) is 11.7. The van der Waals surface area contributed by atoms with Crippen LogP contribution in [0.15, 0.2) is 22.7 Å². The van der Waals surface area contributed by atoms with Crippen LogP contribution in [0, 0.1) is 3.57 Å². The van der Waals surface area contributed by atoms with Crippen molar-refractivity contribution in [1.82, 2.24) is 5.32 Å². The van der Waals surface area contributed by atoms with Crippen LogP contribution in [0.4, 0.5) is 0 Å². The minimum absolute atomic E-state index is 0.226. The first-order valence-electron chi connectivity index (χ1n) is 6.93. The summed E-state index contributed by atoms with van der Waals surface area (Å²) in [6, 6.07) is 5.52. The lowest BCUT2D eigenvalue weighted by atomic mass is 9.97. The van der Waals surface area contributed by atoms with Crippen molar-refractivity contribution in [3.05, 3.63) is 31.8 Å². The Morgan fingerprint density at radius 2 is 2.05 bits per heavy atom. The molecule has 1 amide bonds. The van der Waals surface area contributed by atoms with Crippen molar-refractivity contribution in [2.75, 3.05) is 6.61 Å². The minimum Gasteiger partial charge on any atom is -0.464 e. The number of benzene rings is 1. The second kappa shape index (κ2) is 7.09. The molecule has 1 fully saturated rings. The number of rotatable bonds is 4. The summed E-state index contributed by atoms with van der Waals surface area (Å²) in [5, 5.41) is 2.92. The van der Waals surface area contributed by atoms with E-state index in [-0.39, 0.29) is 11.9 Å². The molecule has 0 heterocycles. The first kappa shape index (κ1) is 16.7. The van der Waals surface area contributed by atoms with Crippen molar-refractivity contribution < 1.29 is 14.3 Å². The summed E-state index contributed by atoms with van der Waals surface area (Å²) in [5.74, 6) is -0.545. The molecule has 1 N–H and O–H groups in total. The molecule has 0 unspecified atom stereocenters. The third-order valence-electron chi connectivity index (χ3n) is 3.65. The Morgan fingerprint density at radius 3 is 2.67 bits per heavy atom. The molecular formula is C15H17BrINO3. The lowest BCUT2D eigenvalue weighted by Gasteiger charge is -2.28. The average molecular weight is 466 g/mol. The molecule has 0 bridgehead atoms. The molecule has 0 atom stereocenters. The summed E-state index contributed by atoms with van der Waals surface area (Å²) in [6.45, 7) is 2.10. The van der Waals surface area contributed by atoms with E-state index >= 15 is 0 Å². The normalized spacial score (nSPS) is 16.5. The molecule has 0 radical (unpaired) electrons. The summed E-state index contributed by atoms with van der Waals surface area (Å²) in [7, 11) is 0. The molecule has 1 saturated carbocycles. The highest BCUT2D eigenvalue weighted by Crippen LogP contribution is 2.31. The summed E-state index contributed by atoms with van der Waals surface area (Å²) in [5.41, 5.74) is -0.293. The van der Waals surface area contributed by atoms with Crippen molar-refractivity contribution in [2.45, 2.75) is 38.1 Å². The fourth-order valence-electron chi connectivity index (χ4n) is 2.58. The number of nitrogens with one attached hydrogen (secondary N) is 1. The molecule has 1 aromatic rings. The summed E-state index contributed by atoms with van der Waals surface area (Å²) < 4.78 is 6.84. The van der Waals surface area contributed by atoms with E-state index in [9.17, 15) is 9.59 Å². The average Bonchev–Trinajstić information content (AvgIpc) is 2.91. The molecule has 1 aromatic carbocycles. The van der Waals surface area contributed by atoms with Gasteiger partial charge < -0.3 is 10.1 Å². The van der Waals surface area contributed by atoms with E-state index in [1.165, 1.54) is 0 Å². The van der Waals surface area contributed by atoms with E-state index in [2.05, 4.69) is 43.8 Å². The van der Waals surface area contributed by atoms with Gasteiger partial charge >= 0.3 is 5.97 Å². The molecule has 114 valence electrons. The van der Waals surface area contributed by atoms with Crippen LogP contribution in [0.25, 0.3) is 0 Å². The van der Waals surface area contributed by atoms with Gasteiger partial charge in [-0.15, -0.1) is 0 Å². The van der Waals surface area contributed by atoms with E-state index in [4.69, 9.17) is 4.74 Å². The van der Waals surface area contributed by atoms with Gasteiger partial charge in [0.15, 0.2) is 0 Å². The quantitative estimate of drug-likeness (QED) is 0.545. The number of esters is 1. The first-order chi connectivity index (χ1) is 9.98. The Labute approximate surface area is 146 Å². The fourth-order valence-corrected chi connectivity index (χ4v) is 3.53. The maximum atomic E-state index is 12.5. The zero-order valence-corrected chi connectivity index (χ0v) is 15.5. The van der Waals surface area contributed by atoms with Gasteiger partial charge in [0.25, 0.3) is 5.91 Å². The van der Waals surface area contributed by atoms with Crippen molar-refractivity contribution in [3.8, 4) is 0 Å². The van der Waals surface area contributed by atoms with Gasteiger partial charge in [-0.2, -0.15) is 0 Å². The van der Waals surface area contributed by atoms with E-state index in [1.807, 2.05) is 12.1 Å². The SMILES string of the molecule is CCOC(=O)C1(NC(=O)c2cc(Br)ccc2I)CCCC1. The van der Waals surface area contributed by atoms with Crippen LogP contribution >= 0.6 is 38.5 Å². The lowest BCUT2D eigenvalue weighted by molar-refractivity contribution is -0.150. The van der Waals surface area contributed by atoms with E-state index in [0.717, 1.165) is 20.9 Å². The standard InChI is InChI=1S/C15H17BrINO3/c1-2-21-14(20)15(7-3-4-8-15)18-13(19)11-9-10(16)5-6-12(11)17/h5-6,9H,2-4,7-8H2,1H3,(H,18,19). The van der Waals surface area contributed by atoms with Crippen molar-refractivity contribution in [1.29, 1.82) is 0 Å². The van der Waals surface area contributed by atoms with Crippen molar-refractivity contribution >= 4 is 50.4 Å². The fraction of sp³-hybridized carbons (Fsp3) is 0.467. The van der Waals surface area contributed by atoms with E-state index < -0.39 is 5.54 Å². The van der Waals surface area contributed by atoms with Crippen molar-refractivity contribution in [3.63, 3.8) is 0 Å². The highest BCUT2D eigenvalue weighted by Gasteiger charge is 2.44. The van der Waals surface area contributed by atoms with E-state index in [1.54, 1.807) is 13.0 Å². The Balaban J connectivity index is 2.23. The zero-order chi connectivity index (χ0) is 15.5. The minimum atomic E-state index is -0.863. The molecule has 1 aliphatic carbocycles. The van der Waals surface area contributed by atoms with Gasteiger partial charge in [0.2, 0.25) is 0 Å². The topological polar surface area (TPSA) is 55.4 Å². The maximum absolute atomic E-state index is 12.5. The molecule has 0 aromatic heterocycles. The Hall–Kier alpha value is -0.630. The van der Waals surface area contributed by atoms with Crippen LogP contribution in [-0.4, -0.2) is 24.0 Å². The molecule has 0 aliphatic heterocycles. The molecule has 0 saturated heterocycles. The number of hydrogen-bond donors (Lipinski definition) is 1. The second-order valence-corrected chi connectivity index (χ2v) is 7.17. The lowest BCUT2D eigenvalue weighted by Crippen LogP contribution is -2.53. The Bertz CT molecular complexity index is 556. The Morgan fingerprint density at radius 1 is 1.38 bits per heavy atom. The number of halogens is 2. The van der Waals surface area contributed by atoms with Gasteiger partial charge in [-0.25, -0.2) is 4.79 Å². The maximum Gasteiger partial charge on any atom is 0.331 e. The third kappa shape index (κ3) is 3.77. The first-order valence-corrected chi connectivity index (χ1v) is 8.80. The van der Waals surface area contributed by atoms with Gasteiger partial charge in [0, 0.05) is 8.04 Å².